The maximum absolute atomic E-state index is 11.7. The number of hydrogen-bond donors (Lipinski definition) is 1. The molecule has 0 saturated carbocycles. The van der Waals surface area contributed by atoms with Crippen LogP contribution in [-0.4, -0.2) is 34.7 Å². The average molecular weight is 429 g/mol. The Labute approximate surface area is 187 Å². The first-order valence-electron chi connectivity index (χ1n) is 11.5. The van der Waals surface area contributed by atoms with Crippen LogP contribution in [0.4, 0.5) is 5.82 Å². The number of aromatic nitrogens is 2. The topological polar surface area (TPSA) is 59.4 Å². The summed E-state index contributed by atoms with van der Waals surface area (Å²) < 4.78 is 7.72. The molecule has 1 N–H and O–H groups in total. The number of ether oxygens (including phenoxy) is 1. The van der Waals surface area contributed by atoms with Crippen molar-refractivity contribution in [2.24, 2.45) is 7.05 Å². The molecule has 0 radical (unpaired) electrons. The van der Waals surface area contributed by atoms with Gasteiger partial charge in [0.2, 0.25) is 11.4 Å². The van der Waals surface area contributed by atoms with Gasteiger partial charge in [0.25, 0.3) is 0 Å². The number of rotatable bonds is 3. The molecule has 3 aliphatic heterocycles. The van der Waals surface area contributed by atoms with Gasteiger partial charge in [-0.1, -0.05) is 12.1 Å². The van der Waals surface area contributed by atoms with Gasteiger partial charge in [-0.2, -0.15) is 4.98 Å². The van der Waals surface area contributed by atoms with Crippen molar-refractivity contribution in [1.82, 2.24) is 14.9 Å². The third-order valence-electron chi connectivity index (χ3n) is 7.38. The largest absolute Gasteiger partial charge is 0.472 e. The summed E-state index contributed by atoms with van der Waals surface area (Å²) >= 11 is 0. The van der Waals surface area contributed by atoms with E-state index in [1.165, 1.54) is 31.2 Å². The predicted molar refractivity (Wildman–Crippen MR) is 126 cm³/mol. The highest BCUT2D eigenvalue weighted by atomic mass is 16.5. The lowest BCUT2D eigenvalue weighted by molar-refractivity contribution is 0.289. The summed E-state index contributed by atoms with van der Waals surface area (Å²) in [7, 11) is 3.94. The van der Waals surface area contributed by atoms with Crippen LogP contribution < -0.4 is 20.5 Å². The third kappa shape index (κ3) is 3.30. The van der Waals surface area contributed by atoms with Crippen molar-refractivity contribution in [1.29, 1.82) is 0 Å². The minimum Gasteiger partial charge on any atom is -0.472 e. The molecule has 0 spiro atoms. The lowest BCUT2D eigenvalue weighted by Gasteiger charge is -2.36. The fourth-order valence-corrected chi connectivity index (χ4v) is 5.54. The number of aryl methyl sites for hydroxylation is 1. The molecule has 6 rings (SSSR count). The van der Waals surface area contributed by atoms with Gasteiger partial charge in [0.1, 0.15) is 12.4 Å². The fraction of sp³-hybridized carbons (Fsp3) is 0.385. The van der Waals surface area contributed by atoms with Gasteiger partial charge in [0, 0.05) is 50.0 Å². The van der Waals surface area contributed by atoms with Crippen LogP contribution in [0, 0.1) is 0 Å². The molecule has 0 amide bonds. The molecule has 1 aromatic carbocycles. The molecule has 3 aliphatic rings. The number of benzene rings is 1. The Morgan fingerprint density at radius 2 is 1.78 bits per heavy atom. The van der Waals surface area contributed by atoms with Crippen LogP contribution >= 0.6 is 0 Å². The van der Waals surface area contributed by atoms with Crippen molar-refractivity contribution in [2.45, 2.75) is 50.4 Å². The Morgan fingerprint density at radius 1 is 1.03 bits per heavy atom. The summed E-state index contributed by atoms with van der Waals surface area (Å²) in [5.41, 5.74) is 5.44. The number of fused-ring (bicyclic) bond motifs is 5. The Kier molecular flexibility index (Phi) is 4.57. The zero-order valence-corrected chi connectivity index (χ0v) is 18.5. The van der Waals surface area contributed by atoms with E-state index in [4.69, 9.17) is 9.72 Å². The van der Waals surface area contributed by atoms with Crippen LogP contribution in [0.3, 0.4) is 0 Å². The second kappa shape index (κ2) is 7.48. The maximum atomic E-state index is 11.7. The van der Waals surface area contributed by atoms with E-state index in [0.717, 1.165) is 28.1 Å². The minimum atomic E-state index is -0.00652. The molecule has 164 valence electrons. The highest BCUT2D eigenvalue weighted by Gasteiger charge is 2.35. The Morgan fingerprint density at radius 3 is 2.56 bits per heavy atom. The summed E-state index contributed by atoms with van der Waals surface area (Å²) in [4.78, 5) is 19.0. The summed E-state index contributed by atoms with van der Waals surface area (Å²) in [6.45, 7) is 0.500. The number of anilines is 1. The van der Waals surface area contributed by atoms with E-state index in [9.17, 15) is 4.79 Å². The molecule has 6 heteroatoms. The van der Waals surface area contributed by atoms with Crippen LogP contribution in [0.2, 0.25) is 0 Å². The number of nitrogens with zero attached hydrogens (tertiary/aromatic N) is 3. The first-order chi connectivity index (χ1) is 15.5. The Hall–Kier alpha value is -3.12. The van der Waals surface area contributed by atoms with Gasteiger partial charge in [0.05, 0.1) is 0 Å². The third-order valence-corrected chi connectivity index (χ3v) is 7.38. The molecule has 5 heterocycles. The molecule has 1 unspecified atom stereocenters. The van der Waals surface area contributed by atoms with Gasteiger partial charge in [-0.05, 0) is 72.2 Å². The molecule has 0 aliphatic carbocycles. The maximum Gasteiger partial charge on any atom is 0.250 e. The summed E-state index contributed by atoms with van der Waals surface area (Å²) in [5, 5.41) is 3.72. The van der Waals surface area contributed by atoms with Crippen molar-refractivity contribution in [3.63, 3.8) is 0 Å². The standard InChI is InChI=1S/C26H28N4O2/c1-29-14-17(4-10-25(29)31)16-3-7-22-18(11-16)15-32-26-23(22)8-9-24(28-26)30(2)21-12-19-5-6-20(13-21)27-19/h3-4,7-11,14,19-21,27H,5-6,12-13,15H2,1-2H3/t19-,20+,21?. The smallest absolute Gasteiger partial charge is 0.250 e. The van der Waals surface area contributed by atoms with Crippen LogP contribution in [0.1, 0.15) is 31.2 Å². The second-order valence-corrected chi connectivity index (χ2v) is 9.42. The summed E-state index contributed by atoms with van der Waals surface area (Å²) in [6.07, 6.45) is 6.84. The van der Waals surface area contributed by atoms with E-state index < -0.39 is 0 Å². The van der Waals surface area contributed by atoms with E-state index in [2.05, 4.69) is 47.6 Å². The molecule has 3 aromatic rings. The van der Waals surface area contributed by atoms with Crippen LogP contribution in [-0.2, 0) is 13.7 Å². The minimum absolute atomic E-state index is 0.00652. The fourth-order valence-electron chi connectivity index (χ4n) is 5.54. The molecule has 2 bridgehead atoms. The highest BCUT2D eigenvalue weighted by Crippen LogP contribution is 2.40. The van der Waals surface area contributed by atoms with Crippen LogP contribution in [0.5, 0.6) is 5.88 Å². The Bertz CT molecular complexity index is 1240. The van der Waals surface area contributed by atoms with Gasteiger partial charge in [-0.3, -0.25) is 4.79 Å². The zero-order valence-electron chi connectivity index (χ0n) is 18.5. The second-order valence-electron chi connectivity index (χ2n) is 9.42. The first kappa shape index (κ1) is 19.6. The predicted octanol–water partition coefficient (Wildman–Crippen LogP) is 3.73. The van der Waals surface area contributed by atoms with E-state index >= 15 is 0 Å². The summed E-state index contributed by atoms with van der Waals surface area (Å²) in [6, 6.07) is 16.0. The lowest BCUT2D eigenvalue weighted by Crippen LogP contribution is -2.47. The van der Waals surface area contributed by atoms with Gasteiger partial charge in [-0.15, -0.1) is 0 Å². The normalized spacial score (nSPS) is 23.2. The van der Waals surface area contributed by atoms with E-state index in [-0.39, 0.29) is 5.56 Å². The van der Waals surface area contributed by atoms with Crippen LogP contribution in [0.15, 0.2) is 53.5 Å². The van der Waals surface area contributed by atoms with Crippen molar-refractivity contribution < 1.29 is 4.74 Å². The molecule has 2 fully saturated rings. The number of piperidine rings is 1. The molecule has 6 nitrogen and oxygen atoms in total. The van der Waals surface area contributed by atoms with E-state index in [1.807, 2.05) is 12.3 Å². The molecule has 2 aromatic heterocycles. The molecular weight excluding hydrogens is 400 g/mol. The van der Waals surface area contributed by atoms with Crippen molar-refractivity contribution in [2.75, 3.05) is 11.9 Å². The number of hydrogen-bond acceptors (Lipinski definition) is 5. The molecule has 3 atom stereocenters. The molecule has 32 heavy (non-hydrogen) atoms. The van der Waals surface area contributed by atoms with Gasteiger partial charge in [-0.25, -0.2) is 0 Å². The van der Waals surface area contributed by atoms with Crippen molar-refractivity contribution in [3.05, 3.63) is 64.6 Å². The quantitative estimate of drug-likeness (QED) is 0.689. The monoisotopic (exact) mass is 428 g/mol. The zero-order chi connectivity index (χ0) is 21.8. The van der Waals surface area contributed by atoms with Crippen molar-refractivity contribution in [3.8, 4) is 28.1 Å². The summed E-state index contributed by atoms with van der Waals surface area (Å²) in [5.74, 6) is 1.70. The van der Waals surface area contributed by atoms with Crippen molar-refractivity contribution >= 4 is 5.82 Å². The van der Waals surface area contributed by atoms with E-state index in [1.54, 1.807) is 17.7 Å². The van der Waals surface area contributed by atoms with Gasteiger partial charge < -0.3 is 19.5 Å². The highest BCUT2D eigenvalue weighted by molar-refractivity contribution is 5.78. The first-order valence-corrected chi connectivity index (χ1v) is 11.5. The average Bonchev–Trinajstić information content (AvgIpc) is 3.16. The lowest BCUT2D eigenvalue weighted by atomic mass is 9.94. The van der Waals surface area contributed by atoms with E-state index in [0.29, 0.717) is 30.6 Å². The Balaban J connectivity index is 1.28. The van der Waals surface area contributed by atoms with Crippen LogP contribution in [0.25, 0.3) is 22.3 Å². The molecule has 2 saturated heterocycles. The van der Waals surface area contributed by atoms with Gasteiger partial charge >= 0.3 is 0 Å². The number of pyridine rings is 2. The number of nitrogens with one attached hydrogen (secondary N) is 1. The SMILES string of the molecule is CN(c1ccc2c(n1)OCc1cc(-c3ccc(=O)n(C)c3)ccc1-2)C1C[C@H]2CC[C@@H](C1)N2. The molecular formula is C26H28N4O2. The van der Waals surface area contributed by atoms with Gasteiger partial charge in [0.15, 0.2) is 0 Å².